The number of hydrogen-bond donors (Lipinski definition) is 3. The number of carbonyl (C=O) groups excluding carboxylic acids is 1. The standard InChI is InChI=1S/C12H16N2O3/c13-14-11(15)9-1-3-10(4-2-9)12(16)5-7-17-8-6-12/h1-4,16H,5-8,13H2,(H,14,15). The molecule has 5 heteroatoms. The lowest BCUT2D eigenvalue weighted by atomic mass is 9.86. The van der Waals surface area contributed by atoms with Gasteiger partial charge in [0.25, 0.3) is 5.91 Å². The summed E-state index contributed by atoms with van der Waals surface area (Å²) in [6.45, 7) is 1.11. The summed E-state index contributed by atoms with van der Waals surface area (Å²) in [4.78, 5) is 11.3. The molecule has 4 N–H and O–H groups in total. The molecule has 0 bridgehead atoms. The lowest BCUT2D eigenvalue weighted by Gasteiger charge is -2.32. The van der Waals surface area contributed by atoms with Gasteiger partial charge in [-0.3, -0.25) is 10.2 Å². The van der Waals surface area contributed by atoms with Crippen LogP contribution < -0.4 is 11.3 Å². The van der Waals surface area contributed by atoms with Crippen LogP contribution in [0, 0.1) is 0 Å². The summed E-state index contributed by atoms with van der Waals surface area (Å²) in [5.41, 5.74) is 2.52. The Balaban J connectivity index is 2.19. The summed E-state index contributed by atoms with van der Waals surface area (Å²) in [7, 11) is 0. The summed E-state index contributed by atoms with van der Waals surface area (Å²) >= 11 is 0. The molecule has 1 fully saturated rings. The average Bonchev–Trinajstić information content (AvgIpc) is 2.39. The van der Waals surface area contributed by atoms with E-state index in [0.717, 1.165) is 5.56 Å². The molecule has 0 aromatic heterocycles. The zero-order chi connectivity index (χ0) is 12.3. The summed E-state index contributed by atoms with van der Waals surface area (Å²) in [6.07, 6.45) is 1.16. The first kappa shape index (κ1) is 12.0. The van der Waals surface area contributed by atoms with Crippen LogP contribution in [0.2, 0.25) is 0 Å². The molecule has 0 radical (unpaired) electrons. The molecule has 1 heterocycles. The van der Waals surface area contributed by atoms with Crippen molar-refractivity contribution in [2.24, 2.45) is 5.84 Å². The number of benzene rings is 1. The fourth-order valence-corrected chi connectivity index (χ4v) is 2.01. The van der Waals surface area contributed by atoms with E-state index in [0.29, 0.717) is 31.6 Å². The fraction of sp³-hybridized carbons (Fsp3) is 0.417. The Morgan fingerprint density at radius 3 is 2.41 bits per heavy atom. The number of aliphatic hydroxyl groups is 1. The molecular formula is C12H16N2O3. The van der Waals surface area contributed by atoms with Gasteiger partial charge < -0.3 is 9.84 Å². The number of hydrogen-bond acceptors (Lipinski definition) is 4. The largest absolute Gasteiger partial charge is 0.385 e. The summed E-state index contributed by atoms with van der Waals surface area (Å²) in [6, 6.07) is 6.84. The van der Waals surface area contributed by atoms with E-state index in [1.54, 1.807) is 24.3 Å². The first-order valence-corrected chi connectivity index (χ1v) is 5.57. The van der Waals surface area contributed by atoms with Crippen molar-refractivity contribution >= 4 is 5.91 Å². The van der Waals surface area contributed by atoms with E-state index < -0.39 is 5.60 Å². The van der Waals surface area contributed by atoms with Gasteiger partial charge in [-0.25, -0.2) is 5.84 Å². The number of nitrogens with one attached hydrogen (secondary N) is 1. The highest BCUT2D eigenvalue weighted by molar-refractivity contribution is 5.93. The van der Waals surface area contributed by atoms with Gasteiger partial charge in [-0.1, -0.05) is 12.1 Å². The van der Waals surface area contributed by atoms with Crippen molar-refractivity contribution in [3.63, 3.8) is 0 Å². The number of amides is 1. The minimum atomic E-state index is -0.837. The third-order valence-corrected chi connectivity index (χ3v) is 3.14. The van der Waals surface area contributed by atoms with Gasteiger partial charge in [0.15, 0.2) is 0 Å². The second kappa shape index (κ2) is 4.83. The maximum atomic E-state index is 11.3. The van der Waals surface area contributed by atoms with Gasteiger partial charge >= 0.3 is 0 Å². The van der Waals surface area contributed by atoms with Crippen LogP contribution in [0.25, 0.3) is 0 Å². The van der Waals surface area contributed by atoms with Crippen LogP contribution in [0.5, 0.6) is 0 Å². The third-order valence-electron chi connectivity index (χ3n) is 3.14. The number of nitrogens with two attached hydrogens (primary N) is 1. The number of carbonyl (C=O) groups is 1. The van der Waals surface area contributed by atoms with Crippen LogP contribution in [-0.4, -0.2) is 24.2 Å². The molecule has 1 amide bonds. The van der Waals surface area contributed by atoms with E-state index in [-0.39, 0.29) is 5.91 Å². The molecule has 17 heavy (non-hydrogen) atoms. The van der Waals surface area contributed by atoms with Crippen LogP contribution >= 0.6 is 0 Å². The molecule has 0 unspecified atom stereocenters. The van der Waals surface area contributed by atoms with Crippen LogP contribution in [0.1, 0.15) is 28.8 Å². The molecule has 5 nitrogen and oxygen atoms in total. The summed E-state index contributed by atoms with van der Waals surface area (Å²) < 4.78 is 5.23. The second-order valence-corrected chi connectivity index (χ2v) is 4.19. The Hall–Kier alpha value is -1.43. The predicted molar refractivity (Wildman–Crippen MR) is 62.0 cm³/mol. The van der Waals surface area contributed by atoms with Crippen LogP contribution in [-0.2, 0) is 10.3 Å². The molecule has 0 saturated carbocycles. The van der Waals surface area contributed by atoms with Gasteiger partial charge in [-0.15, -0.1) is 0 Å². The Morgan fingerprint density at radius 1 is 1.29 bits per heavy atom. The Labute approximate surface area is 99.5 Å². The van der Waals surface area contributed by atoms with Crippen molar-refractivity contribution in [3.8, 4) is 0 Å². The van der Waals surface area contributed by atoms with E-state index in [1.807, 2.05) is 0 Å². The van der Waals surface area contributed by atoms with Crippen molar-refractivity contribution in [3.05, 3.63) is 35.4 Å². The number of hydrazine groups is 1. The van der Waals surface area contributed by atoms with Crippen LogP contribution in [0.3, 0.4) is 0 Å². The van der Waals surface area contributed by atoms with Crippen LogP contribution in [0.4, 0.5) is 0 Å². The molecule has 1 aliphatic rings. The molecule has 1 aromatic rings. The summed E-state index contributed by atoms with van der Waals surface area (Å²) in [5.74, 6) is 4.71. The van der Waals surface area contributed by atoms with Crippen molar-refractivity contribution in [1.82, 2.24) is 5.43 Å². The van der Waals surface area contributed by atoms with Crippen molar-refractivity contribution in [2.75, 3.05) is 13.2 Å². The van der Waals surface area contributed by atoms with Crippen molar-refractivity contribution in [2.45, 2.75) is 18.4 Å². The van der Waals surface area contributed by atoms with Crippen molar-refractivity contribution in [1.29, 1.82) is 0 Å². The first-order chi connectivity index (χ1) is 8.15. The molecule has 1 aromatic carbocycles. The van der Waals surface area contributed by atoms with Gasteiger partial charge in [-0.05, 0) is 17.7 Å². The van der Waals surface area contributed by atoms with Crippen molar-refractivity contribution < 1.29 is 14.6 Å². The zero-order valence-corrected chi connectivity index (χ0v) is 9.48. The molecule has 92 valence electrons. The van der Waals surface area contributed by atoms with E-state index in [9.17, 15) is 9.90 Å². The quantitative estimate of drug-likeness (QED) is 0.391. The SMILES string of the molecule is NNC(=O)c1ccc(C2(O)CCOCC2)cc1. The third kappa shape index (κ3) is 2.46. The number of nitrogen functional groups attached to an aromatic ring is 1. The lowest BCUT2D eigenvalue weighted by molar-refractivity contribution is -0.0679. The highest BCUT2D eigenvalue weighted by Gasteiger charge is 2.31. The number of rotatable bonds is 2. The Kier molecular flexibility index (Phi) is 3.42. The van der Waals surface area contributed by atoms with Gasteiger partial charge in [0.2, 0.25) is 0 Å². The Morgan fingerprint density at radius 2 is 1.88 bits per heavy atom. The topological polar surface area (TPSA) is 84.6 Å². The maximum absolute atomic E-state index is 11.3. The Bertz CT molecular complexity index is 397. The van der Waals surface area contributed by atoms with Gasteiger partial charge in [0.05, 0.1) is 5.60 Å². The minimum absolute atomic E-state index is 0.337. The lowest BCUT2D eigenvalue weighted by Crippen LogP contribution is -2.33. The molecule has 0 spiro atoms. The molecular weight excluding hydrogens is 220 g/mol. The average molecular weight is 236 g/mol. The monoisotopic (exact) mass is 236 g/mol. The fourth-order valence-electron chi connectivity index (χ4n) is 2.01. The maximum Gasteiger partial charge on any atom is 0.265 e. The number of ether oxygens (including phenoxy) is 1. The first-order valence-electron chi connectivity index (χ1n) is 5.57. The smallest absolute Gasteiger partial charge is 0.265 e. The van der Waals surface area contributed by atoms with Gasteiger partial charge in [-0.2, -0.15) is 0 Å². The van der Waals surface area contributed by atoms with Gasteiger partial charge in [0.1, 0.15) is 0 Å². The van der Waals surface area contributed by atoms with Crippen LogP contribution in [0.15, 0.2) is 24.3 Å². The molecule has 1 aliphatic heterocycles. The molecule has 2 rings (SSSR count). The highest BCUT2D eigenvalue weighted by Crippen LogP contribution is 2.31. The second-order valence-electron chi connectivity index (χ2n) is 4.19. The minimum Gasteiger partial charge on any atom is -0.385 e. The van der Waals surface area contributed by atoms with E-state index in [1.165, 1.54) is 0 Å². The van der Waals surface area contributed by atoms with E-state index in [4.69, 9.17) is 10.6 Å². The summed E-state index contributed by atoms with van der Waals surface area (Å²) in [5, 5.41) is 10.4. The normalized spacial score (nSPS) is 18.7. The van der Waals surface area contributed by atoms with Gasteiger partial charge in [0, 0.05) is 31.6 Å². The highest BCUT2D eigenvalue weighted by atomic mass is 16.5. The van der Waals surface area contributed by atoms with E-state index in [2.05, 4.69) is 5.43 Å². The molecule has 1 saturated heterocycles. The zero-order valence-electron chi connectivity index (χ0n) is 9.48. The molecule has 0 atom stereocenters. The molecule has 0 aliphatic carbocycles. The predicted octanol–water partition coefficient (Wildman–Crippen LogP) is 0.288. The van der Waals surface area contributed by atoms with E-state index >= 15 is 0 Å².